The Bertz CT molecular complexity index is 667. The number of rotatable bonds is 9. The van der Waals surface area contributed by atoms with Crippen LogP contribution in [0.2, 0.25) is 0 Å². The highest BCUT2D eigenvalue weighted by molar-refractivity contribution is 14.0. The van der Waals surface area contributed by atoms with E-state index in [0.717, 1.165) is 51.0 Å². The summed E-state index contributed by atoms with van der Waals surface area (Å²) in [6.07, 6.45) is 2.95. The Kier molecular flexibility index (Phi) is 11.6. The van der Waals surface area contributed by atoms with Gasteiger partial charge in [-0.15, -0.1) is 24.0 Å². The maximum atomic E-state index is 12.3. The Morgan fingerprint density at radius 2 is 2.00 bits per heavy atom. The summed E-state index contributed by atoms with van der Waals surface area (Å²) < 4.78 is 0. The molecule has 0 spiro atoms. The second kappa shape index (κ2) is 13.1. The predicted octanol–water partition coefficient (Wildman–Crippen LogP) is 2.01. The number of carbonyl (C=O) groups is 1. The van der Waals surface area contributed by atoms with Gasteiger partial charge >= 0.3 is 0 Å². The van der Waals surface area contributed by atoms with Gasteiger partial charge in [0, 0.05) is 33.7 Å². The van der Waals surface area contributed by atoms with Crippen LogP contribution in [0.1, 0.15) is 38.7 Å². The molecule has 1 fully saturated rings. The lowest BCUT2D eigenvalue weighted by atomic mass is 9.96. The molecule has 170 valence electrons. The SMILES string of the molecule is CCNC(=NCC(C)(O)c1ccccc1)NCCCN1CCCC1C(=O)N(C)C.I. The van der Waals surface area contributed by atoms with Crippen LogP contribution in [0, 0.1) is 0 Å². The van der Waals surface area contributed by atoms with Crippen LogP contribution < -0.4 is 10.6 Å². The Balaban J connectivity index is 0.00000450. The molecular weight excluding hydrogens is 493 g/mol. The summed E-state index contributed by atoms with van der Waals surface area (Å²) in [7, 11) is 3.65. The minimum atomic E-state index is -1.01. The predicted molar refractivity (Wildman–Crippen MR) is 133 cm³/mol. The topological polar surface area (TPSA) is 80.2 Å². The molecule has 0 aliphatic carbocycles. The zero-order valence-electron chi connectivity index (χ0n) is 18.7. The van der Waals surface area contributed by atoms with Crippen molar-refractivity contribution in [1.29, 1.82) is 0 Å². The number of hydrogen-bond donors (Lipinski definition) is 3. The first-order valence-electron chi connectivity index (χ1n) is 10.6. The van der Waals surface area contributed by atoms with Crippen LogP contribution in [0.15, 0.2) is 35.3 Å². The maximum absolute atomic E-state index is 12.3. The number of likely N-dealkylation sites (N-methyl/N-ethyl adjacent to an activating group) is 1. The number of hydrogen-bond acceptors (Lipinski definition) is 4. The van der Waals surface area contributed by atoms with E-state index in [9.17, 15) is 9.90 Å². The molecule has 1 aliphatic heterocycles. The molecule has 30 heavy (non-hydrogen) atoms. The largest absolute Gasteiger partial charge is 0.384 e. The minimum absolute atomic E-state index is 0. The molecule has 1 aromatic rings. The van der Waals surface area contributed by atoms with Crippen LogP contribution in [0.4, 0.5) is 0 Å². The molecule has 7 nitrogen and oxygen atoms in total. The molecule has 1 saturated heterocycles. The molecule has 2 atom stereocenters. The Morgan fingerprint density at radius 3 is 2.63 bits per heavy atom. The van der Waals surface area contributed by atoms with Gasteiger partial charge < -0.3 is 20.6 Å². The summed E-state index contributed by atoms with van der Waals surface area (Å²) in [6.45, 7) is 7.47. The fraction of sp³-hybridized carbons (Fsp3) is 0.636. The second-order valence-electron chi connectivity index (χ2n) is 8.04. The van der Waals surface area contributed by atoms with Gasteiger partial charge in [0.1, 0.15) is 5.60 Å². The molecule has 3 N–H and O–H groups in total. The van der Waals surface area contributed by atoms with Gasteiger partial charge in [-0.3, -0.25) is 9.69 Å². The highest BCUT2D eigenvalue weighted by Gasteiger charge is 2.31. The van der Waals surface area contributed by atoms with Crippen LogP contribution in [-0.2, 0) is 10.4 Å². The van der Waals surface area contributed by atoms with Crippen molar-refractivity contribution in [3.05, 3.63) is 35.9 Å². The molecule has 1 amide bonds. The van der Waals surface area contributed by atoms with E-state index < -0.39 is 5.60 Å². The van der Waals surface area contributed by atoms with E-state index in [4.69, 9.17) is 0 Å². The van der Waals surface area contributed by atoms with Crippen molar-refractivity contribution in [3.8, 4) is 0 Å². The van der Waals surface area contributed by atoms with Gasteiger partial charge in [-0.25, -0.2) is 4.99 Å². The summed E-state index contributed by atoms with van der Waals surface area (Å²) in [5.74, 6) is 0.902. The van der Waals surface area contributed by atoms with E-state index in [0.29, 0.717) is 5.96 Å². The highest BCUT2D eigenvalue weighted by atomic mass is 127. The maximum Gasteiger partial charge on any atom is 0.239 e. The Morgan fingerprint density at radius 1 is 1.30 bits per heavy atom. The van der Waals surface area contributed by atoms with Crippen molar-refractivity contribution in [2.75, 3.05) is 46.8 Å². The van der Waals surface area contributed by atoms with Crippen molar-refractivity contribution >= 4 is 35.8 Å². The summed E-state index contributed by atoms with van der Waals surface area (Å²) in [6, 6.07) is 9.63. The third-order valence-corrected chi connectivity index (χ3v) is 5.29. The lowest BCUT2D eigenvalue weighted by Gasteiger charge is -2.26. The Labute approximate surface area is 198 Å². The molecular formula is C22H38IN5O2. The first-order valence-corrected chi connectivity index (χ1v) is 10.6. The van der Waals surface area contributed by atoms with Gasteiger partial charge in [0.2, 0.25) is 5.91 Å². The number of guanidine groups is 1. The van der Waals surface area contributed by atoms with E-state index in [1.165, 1.54) is 0 Å². The minimum Gasteiger partial charge on any atom is -0.384 e. The molecule has 2 rings (SSSR count). The summed E-state index contributed by atoms with van der Waals surface area (Å²) in [4.78, 5) is 20.8. The van der Waals surface area contributed by atoms with E-state index in [1.807, 2.05) is 51.4 Å². The summed E-state index contributed by atoms with van der Waals surface area (Å²) >= 11 is 0. The number of halogens is 1. The molecule has 8 heteroatoms. The molecule has 0 aromatic heterocycles. The lowest BCUT2D eigenvalue weighted by molar-refractivity contribution is -0.133. The number of carbonyl (C=O) groups excluding carboxylic acids is 1. The quantitative estimate of drug-likeness (QED) is 0.197. The van der Waals surface area contributed by atoms with E-state index in [2.05, 4.69) is 20.5 Å². The van der Waals surface area contributed by atoms with Crippen molar-refractivity contribution in [2.45, 2.75) is 44.8 Å². The summed E-state index contributed by atoms with van der Waals surface area (Å²) in [5.41, 5.74) is -0.163. The number of aliphatic imine (C=N–C) groups is 1. The second-order valence-corrected chi connectivity index (χ2v) is 8.04. The molecule has 0 saturated carbocycles. The third-order valence-electron chi connectivity index (χ3n) is 5.29. The molecule has 1 heterocycles. The standard InChI is InChI=1S/C22H37N5O2.HI/c1-5-23-21(25-17-22(2,29)18-11-7-6-8-12-18)24-14-10-16-27-15-9-13-19(27)20(28)26(3)4;/h6-8,11-12,19,29H,5,9-10,13-17H2,1-4H3,(H2,23,24,25);1H. The monoisotopic (exact) mass is 531 g/mol. The van der Waals surface area contributed by atoms with Crippen molar-refractivity contribution in [3.63, 3.8) is 0 Å². The van der Waals surface area contributed by atoms with Gasteiger partial charge in [0.15, 0.2) is 5.96 Å². The first-order chi connectivity index (χ1) is 13.8. The van der Waals surface area contributed by atoms with Gasteiger partial charge in [0.05, 0.1) is 12.6 Å². The Hall–Kier alpha value is -1.39. The van der Waals surface area contributed by atoms with Crippen LogP contribution >= 0.6 is 24.0 Å². The molecule has 0 radical (unpaired) electrons. The van der Waals surface area contributed by atoms with Crippen LogP contribution in [0.3, 0.4) is 0 Å². The fourth-order valence-electron chi connectivity index (χ4n) is 3.62. The van der Waals surface area contributed by atoms with Gasteiger partial charge in [0.25, 0.3) is 0 Å². The summed E-state index contributed by atoms with van der Waals surface area (Å²) in [5, 5.41) is 17.3. The van der Waals surface area contributed by atoms with Gasteiger partial charge in [-0.05, 0) is 45.2 Å². The number of likely N-dealkylation sites (tertiary alicyclic amines) is 1. The number of benzene rings is 1. The number of nitrogens with zero attached hydrogens (tertiary/aromatic N) is 3. The van der Waals surface area contributed by atoms with Crippen LogP contribution in [0.25, 0.3) is 0 Å². The molecule has 0 bridgehead atoms. The van der Waals surface area contributed by atoms with Gasteiger partial charge in [-0.1, -0.05) is 30.3 Å². The number of aliphatic hydroxyl groups is 1. The smallest absolute Gasteiger partial charge is 0.239 e. The van der Waals surface area contributed by atoms with E-state index >= 15 is 0 Å². The third kappa shape index (κ3) is 8.03. The van der Waals surface area contributed by atoms with Crippen molar-refractivity contribution in [1.82, 2.24) is 20.4 Å². The fourth-order valence-corrected chi connectivity index (χ4v) is 3.62. The van der Waals surface area contributed by atoms with Crippen LogP contribution in [0.5, 0.6) is 0 Å². The lowest BCUT2D eigenvalue weighted by Crippen LogP contribution is -2.44. The average molecular weight is 531 g/mol. The van der Waals surface area contributed by atoms with E-state index in [1.54, 1.807) is 11.8 Å². The highest BCUT2D eigenvalue weighted by Crippen LogP contribution is 2.20. The zero-order chi connectivity index (χ0) is 21.3. The number of amides is 1. The molecule has 1 aromatic carbocycles. The van der Waals surface area contributed by atoms with Gasteiger partial charge in [-0.2, -0.15) is 0 Å². The molecule has 1 aliphatic rings. The molecule has 2 unspecified atom stereocenters. The van der Waals surface area contributed by atoms with Crippen LogP contribution in [-0.4, -0.2) is 79.6 Å². The van der Waals surface area contributed by atoms with E-state index in [-0.39, 0.29) is 42.5 Å². The average Bonchev–Trinajstić information content (AvgIpc) is 3.17. The normalized spacial score (nSPS) is 19.0. The number of nitrogens with one attached hydrogen (secondary N) is 2. The van der Waals surface area contributed by atoms with Crippen molar-refractivity contribution < 1.29 is 9.90 Å². The van der Waals surface area contributed by atoms with Crippen molar-refractivity contribution in [2.24, 2.45) is 4.99 Å². The zero-order valence-corrected chi connectivity index (χ0v) is 21.1. The first kappa shape index (κ1) is 26.6.